The monoisotopic (exact) mass is 385 g/mol. The maximum Gasteiger partial charge on any atom is 0.258 e. The molecule has 0 radical (unpaired) electrons. The molecular weight excluding hydrogens is 362 g/mol. The van der Waals surface area contributed by atoms with Crippen LogP contribution in [0.4, 0.5) is 5.69 Å². The van der Waals surface area contributed by atoms with Gasteiger partial charge in [-0.2, -0.15) is 0 Å². The van der Waals surface area contributed by atoms with Crippen molar-refractivity contribution in [2.24, 2.45) is 5.92 Å². The second-order valence-electron chi connectivity index (χ2n) is 7.54. The predicted octanol–water partition coefficient (Wildman–Crippen LogP) is 0.871. The quantitative estimate of drug-likeness (QED) is 0.610. The van der Waals surface area contributed by atoms with Gasteiger partial charge in [-0.05, 0) is 30.9 Å². The number of rotatable bonds is 4. The van der Waals surface area contributed by atoms with Gasteiger partial charge in [-0.15, -0.1) is 0 Å². The van der Waals surface area contributed by atoms with E-state index in [0.717, 1.165) is 43.5 Å². The number of carbonyl (C=O) groups excluding carboxylic acids is 4. The van der Waals surface area contributed by atoms with Gasteiger partial charge >= 0.3 is 0 Å². The van der Waals surface area contributed by atoms with Crippen LogP contribution < -0.4 is 15.0 Å². The third kappa shape index (κ3) is 3.12. The van der Waals surface area contributed by atoms with E-state index in [2.05, 4.69) is 10.2 Å². The third-order valence-electron chi connectivity index (χ3n) is 5.89. The number of ether oxygens (including phenoxy) is 1. The first kappa shape index (κ1) is 18.5. The Balaban J connectivity index is 1.60. The molecule has 3 aliphatic rings. The van der Waals surface area contributed by atoms with Crippen molar-refractivity contribution in [2.75, 3.05) is 25.1 Å². The Morgan fingerprint density at radius 2 is 1.89 bits per heavy atom. The lowest BCUT2D eigenvalue weighted by molar-refractivity contribution is -0.136. The number of methoxy groups -OCH3 is 1. The predicted molar refractivity (Wildman–Crippen MR) is 100 cm³/mol. The lowest BCUT2D eigenvalue weighted by Gasteiger charge is -2.32. The van der Waals surface area contributed by atoms with Crippen molar-refractivity contribution in [3.8, 4) is 5.75 Å². The number of fused-ring (bicyclic) bond motifs is 1. The highest BCUT2D eigenvalue weighted by atomic mass is 16.5. The standard InChI is InChI=1S/C20H23N3O5/c1-28-16-9-14(22-6-4-12(11-24)5-7-22)8-13-10-23(20(27)18(13)16)15-2-3-17(25)21-19(15)26/h8-9,11-12,15H,2-7,10H2,1H3,(H,21,25,26)/t15-/m0/s1. The van der Waals surface area contributed by atoms with Crippen LogP contribution in [0.5, 0.6) is 5.75 Å². The molecule has 1 atom stereocenters. The Kier molecular flexibility index (Phi) is 4.78. The van der Waals surface area contributed by atoms with Gasteiger partial charge in [0.1, 0.15) is 18.1 Å². The molecule has 2 fully saturated rings. The van der Waals surface area contributed by atoms with Crippen molar-refractivity contribution in [2.45, 2.75) is 38.3 Å². The number of anilines is 1. The third-order valence-corrected chi connectivity index (χ3v) is 5.89. The van der Waals surface area contributed by atoms with Gasteiger partial charge in [-0.3, -0.25) is 19.7 Å². The van der Waals surface area contributed by atoms with E-state index in [1.54, 1.807) is 0 Å². The lowest BCUT2D eigenvalue weighted by atomic mass is 9.97. The molecular formula is C20H23N3O5. The molecule has 4 rings (SSSR count). The molecule has 28 heavy (non-hydrogen) atoms. The number of piperidine rings is 2. The zero-order valence-electron chi connectivity index (χ0n) is 15.8. The van der Waals surface area contributed by atoms with Crippen molar-refractivity contribution in [3.63, 3.8) is 0 Å². The molecule has 148 valence electrons. The number of imide groups is 1. The number of hydrogen-bond acceptors (Lipinski definition) is 6. The lowest BCUT2D eigenvalue weighted by Crippen LogP contribution is -2.52. The van der Waals surface area contributed by atoms with Gasteiger partial charge in [0.2, 0.25) is 11.8 Å². The smallest absolute Gasteiger partial charge is 0.258 e. The van der Waals surface area contributed by atoms with E-state index in [1.807, 2.05) is 12.1 Å². The fourth-order valence-electron chi connectivity index (χ4n) is 4.29. The molecule has 1 aromatic rings. The molecule has 0 unspecified atom stereocenters. The molecule has 3 aliphatic heterocycles. The molecule has 8 heteroatoms. The first-order valence-corrected chi connectivity index (χ1v) is 9.57. The Hall–Kier alpha value is -2.90. The summed E-state index contributed by atoms with van der Waals surface area (Å²) < 4.78 is 5.50. The Bertz CT molecular complexity index is 844. The first-order chi connectivity index (χ1) is 13.5. The number of nitrogens with one attached hydrogen (secondary N) is 1. The molecule has 1 N–H and O–H groups in total. The van der Waals surface area contributed by atoms with E-state index in [1.165, 1.54) is 12.0 Å². The highest BCUT2D eigenvalue weighted by Crippen LogP contribution is 2.38. The highest BCUT2D eigenvalue weighted by Gasteiger charge is 2.41. The second-order valence-corrected chi connectivity index (χ2v) is 7.54. The van der Waals surface area contributed by atoms with Crippen LogP contribution in [0, 0.1) is 5.92 Å². The summed E-state index contributed by atoms with van der Waals surface area (Å²) in [6.45, 7) is 1.86. The van der Waals surface area contributed by atoms with E-state index in [9.17, 15) is 19.2 Å². The Labute approximate surface area is 162 Å². The fraction of sp³-hybridized carbons (Fsp3) is 0.500. The molecule has 0 bridgehead atoms. The zero-order valence-corrected chi connectivity index (χ0v) is 15.8. The van der Waals surface area contributed by atoms with E-state index < -0.39 is 11.9 Å². The van der Waals surface area contributed by atoms with Crippen LogP contribution in [0.2, 0.25) is 0 Å². The summed E-state index contributed by atoms with van der Waals surface area (Å²) in [5.41, 5.74) is 2.26. The maximum absolute atomic E-state index is 13.0. The highest BCUT2D eigenvalue weighted by molar-refractivity contribution is 6.06. The fourth-order valence-corrected chi connectivity index (χ4v) is 4.29. The molecule has 0 spiro atoms. The van der Waals surface area contributed by atoms with Crippen molar-refractivity contribution in [3.05, 3.63) is 23.3 Å². The van der Waals surface area contributed by atoms with Gasteiger partial charge in [-0.25, -0.2) is 0 Å². The maximum atomic E-state index is 13.0. The van der Waals surface area contributed by atoms with Crippen LogP contribution in [0.1, 0.15) is 41.6 Å². The minimum Gasteiger partial charge on any atom is -0.496 e. The molecule has 8 nitrogen and oxygen atoms in total. The second kappa shape index (κ2) is 7.26. The van der Waals surface area contributed by atoms with Gasteiger partial charge in [0.05, 0.1) is 12.7 Å². The number of aldehydes is 1. The minimum atomic E-state index is -0.644. The number of nitrogens with zero attached hydrogens (tertiary/aromatic N) is 2. The van der Waals surface area contributed by atoms with E-state index >= 15 is 0 Å². The average molecular weight is 385 g/mol. The Morgan fingerprint density at radius 3 is 2.54 bits per heavy atom. The summed E-state index contributed by atoms with van der Waals surface area (Å²) in [6.07, 6.45) is 3.20. The van der Waals surface area contributed by atoms with E-state index in [4.69, 9.17) is 4.74 Å². The largest absolute Gasteiger partial charge is 0.496 e. The number of carbonyl (C=O) groups is 4. The van der Waals surface area contributed by atoms with Gasteiger partial charge < -0.3 is 19.3 Å². The van der Waals surface area contributed by atoms with Gasteiger partial charge in [0.25, 0.3) is 5.91 Å². The summed E-state index contributed by atoms with van der Waals surface area (Å²) in [4.78, 5) is 51.4. The van der Waals surface area contributed by atoms with Crippen molar-refractivity contribution in [1.29, 1.82) is 0 Å². The molecule has 0 aromatic heterocycles. The van der Waals surface area contributed by atoms with Gasteiger partial charge in [0.15, 0.2) is 0 Å². The van der Waals surface area contributed by atoms with Crippen LogP contribution in [-0.2, 0) is 20.9 Å². The summed E-state index contributed by atoms with van der Waals surface area (Å²) in [5.74, 6) is -0.369. The molecule has 2 saturated heterocycles. The molecule has 3 heterocycles. The summed E-state index contributed by atoms with van der Waals surface area (Å²) >= 11 is 0. The molecule has 3 amide bonds. The average Bonchev–Trinajstić information content (AvgIpc) is 3.04. The SMILES string of the molecule is COc1cc(N2CCC(C=O)CC2)cc2c1C(=O)N([C@H]1CCC(=O)NC1=O)C2. The van der Waals surface area contributed by atoms with E-state index in [-0.39, 0.29) is 24.2 Å². The van der Waals surface area contributed by atoms with Crippen LogP contribution in [-0.4, -0.2) is 55.1 Å². The summed E-state index contributed by atoms with van der Waals surface area (Å²) in [6, 6.07) is 3.18. The Morgan fingerprint density at radius 1 is 1.14 bits per heavy atom. The van der Waals surface area contributed by atoms with Crippen LogP contribution in [0.3, 0.4) is 0 Å². The van der Waals surface area contributed by atoms with E-state index in [0.29, 0.717) is 24.3 Å². The zero-order chi connectivity index (χ0) is 19.8. The van der Waals surface area contributed by atoms with Crippen LogP contribution in [0.25, 0.3) is 0 Å². The summed E-state index contributed by atoms with van der Waals surface area (Å²) in [5, 5.41) is 2.32. The van der Waals surface area contributed by atoms with Gasteiger partial charge in [-0.1, -0.05) is 0 Å². The van der Waals surface area contributed by atoms with Crippen molar-refractivity contribution < 1.29 is 23.9 Å². The number of hydrogen-bond donors (Lipinski definition) is 1. The van der Waals surface area contributed by atoms with Gasteiger partial charge in [0, 0.05) is 43.7 Å². The minimum absolute atomic E-state index is 0.108. The van der Waals surface area contributed by atoms with Crippen molar-refractivity contribution in [1.82, 2.24) is 10.2 Å². The molecule has 1 aromatic carbocycles. The molecule has 0 aliphatic carbocycles. The van der Waals surface area contributed by atoms with Crippen LogP contribution >= 0.6 is 0 Å². The van der Waals surface area contributed by atoms with Crippen LogP contribution in [0.15, 0.2) is 12.1 Å². The summed E-state index contributed by atoms with van der Waals surface area (Å²) in [7, 11) is 1.53. The number of benzene rings is 1. The normalized spacial score (nSPS) is 22.9. The first-order valence-electron chi connectivity index (χ1n) is 9.57. The van der Waals surface area contributed by atoms with Crippen molar-refractivity contribution >= 4 is 29.7 Å². The topological polar surface area (TPSA) is 96.0 Å². The molecule has 0 saturated carbocycles. The number of amides is 3.